The van der Waals surface area contributed by atoms with Crippen molar-refractivity contribution in [2.75, 3.05) is 74.3 Å². The van der Waals surface area contributed by atoms with Crippen LogP contribution in [0.5, 0.6) is 0 Å². The molecule has 5 rings (SSSR count). The van der Waals surface area contributed by atoms with E-state index in [2.05, 4.69) is 38.6 Å². The molecule has 3 heterocycles. The lowest BCUT2D eigenvalue weighted by Gasteiger charge is -2.32. The number of hydrogen-bond donors (Lipinski definition) is 2. The van der Waals surface area contributed by atoms with Gasteiger partial charge in [-0.05, 0) is 42.8 Å². The maximum Gasteiger partial charge on any atom is 0.232 e. The number of benzene rings is 1. The molecule has 1 aliphatic carbocycles. The Labute approximate surface area is 217 Å². The van der Waals surface area contributed by atoms with E-state index in [0.29, 0.717) is 37.5 Å². The SMILES string of the molecule is S=C(NCC1(c2cccc(Cl)c2)CCCC1)Nc1nc(N2CCOCC2)cc(N2CCOCC2)n1. The molecule has 8 nitrogen and oxygen atoms in total. The number of ether oxygens (including phenoxy) is 2. The van der Waals surface area contributed by atoms with Crippen molar-refractivity contribution in [1.29, 1.82) is 0 Å². The molecule has 3 fully saturated rings. The van der Waals surface area contributed by atoms with Crippen molar-refractivity contribution in [2.45, 2.75) is 31.1 Å². The van der Waals surface area contributed by atoms with Crippen LogP contribution in [-0.4, -0.2) is 74.2 Å². The van der Waals surface area contributed by atoms with Gasteiger partial charge < -0.3 is 29.9 Å². The zero-order chi connectivity index (χ0) is 24.1. The minimum absolute atomic E-state index is 0.0338. The highest BCUT2D eigenvalue weighted by Gasteiger charge is 2.35. The number of thiocarbonyl (C=S) groups is 1. The van der Waals surface area contributed by atoms with Crippen LogP contribution >= 0.6 is 23.8 Å². The van der Waals surface area contributed by atoms with E-state index >= 15 is 0 Å². The van der Waals surface area contributed by atoms with Gasteiger partial charge in [0, 0.05) is 49.2 Å². The van der Waals surface area contributed by atoms with Crippen LogP contribution in [0.15, 0.2) is 30.3 Å². The van der Waals surface area contributed by atoms with Crippen molar-refractivity contribution >= 4 is 46.5 Å². The van der Waals surface area contributed by atoms with Gasteiger partial charge in [0.1, 0.15) is 11.6 Å². The average Bonchev–Trinajstić information content (AvgIpc) is 3.39. The molecule has 1 saturated carbocycles. The van der Waals surface area contributed by atoms with Crippen molar-refractivity contribution in [3.63, 3.8) is 0 Å². The second-order valence-electron chi connectivity index (χ2n) is 9.41. The number of halogens is 1. The lowest BCUT2D eigenvalue weighted by Crippen LogP contribution is -2.41. The Balaban J connectivity index is 1.31. The molecule has 35 heavy (non-hydrogen) atoms. The van der Waals surface area contributed by atoms with Gasteiger partial charge in [0.05, 0.1) is 26.4 Å². The normalized spacial score (nSPS) is 20.0. The van der Waals surface area contributed by atoms with Gasteiger partial charge in [0.25, 0.3) is 0 Å². The Morgan fingerprint density at radius 3 is 2.11 bits per heavy atom. The maximum atomic E-state index is 6.31. The molecule has 0 unspecified atom stereocenters. The van der Waals surface area contributed by atoms with Crippen molar-refractivity contribution < 1.29 is 9.47 Å². The van der Waals surface area contributed by atoms with Crippen molar-refractivity contribution in [1.82, 2.24) is 15.3 Å². The number of hydrogen-bond acceptors (Lipinski definition) is 7. The molecule has 3 aliphatic rings. The van der Waals surface area contributed by atoms with E-state index in [9.17, 15) is 0 Å². The third kappa shape index (κ3) is 5.97. The highest BCUT2D eigenvalue weighted by atomic mass is 35.5. The second-order valence-corrected chi connectivity index (χ2v) is 10.3. The minimum Gasteiger partial charge on any atom is -0.378 e. The lowest BCUT2D eigenvalue weighted by atomic mass is 9.79. The summed E-state index contributed by atoms with van der Waals surface area (Å²) in [5, 5.41) is 8.03. The fourth-order valence-electron chi connectivity index (χ4n) is 5.22. The zero-order valence-corrected chi connectivity index (χ0v) is 21.5. The van der Waals surface area contributed by atoms with Gasteiger partial charge in [-0.15, -0.1) is 0 Å². The molecule has 1 aromatic carbocycles. The third-order valence-electron chi connectivity index (χ3n) is 7.18. The highest BCUT2D eigenvalue weighted by molar-refractivity contribution is 7.80. The van der Waals surface area contributed by atoms with Crippen LogP contribution in [0.4, 0.5) is 17.6 Å². The van der Waals surface area contributed by atoms with Crippen LogP contribution < -0.4 is 20.4 Å². The molecule has 0 bridgehead atoms. The van der Waals surface area contributed by atoms with Gasteiger partial charge in [-0.1, -0.05) is 36.6 Å². The molecular weight excluding hydrogens is 484 g/mol. The van der Waals surface area contributed by atoms with Gasteiger partial charge in [0.15, 0.2) is 5.11 Å². The predicted molar refractivity (Wildman–Crippen MR) is 144 cm³/mol. The topological polar surface area (TPSA) is 74.8 Å². The zero-order valence-electron chi connectivity index (χ0n) is 20.0. The van der Waals surface area contributed by atoms with Crippen molar-refractivity contribution in [3.05, 3.63) is 40.9 Å². The first-order valence-electron chi connectivity index (χ1n) is 12.5. The second kappa shape index (κ2) is 11.2. The van der Waals surface area contributed by atoms with Gasteiger partial charge in [-0.3, -0.25) is 0 Å². The molecule has 10 heteroatoms. The van der Waals surface area contributed by atoms with E-state index in [1.807, 2.05) is 12.1 Å². The van der Waals surface area contributed by atoms with Gasteiger partial charge in [0.2, 0.25) is 5.95 Å². The van der Waals surface area contributed by atoms with Gasteiger partial charge in [-0.25, -0.2) is 0 Å². The summed E-state index contributed by atoms with van der Waals surface area (Å²) in [7, 11) is 0. The van der Waals surface area contributed by atoms with Crippen LogP contribution in [-0.2, 0) is 14.9 Å². The molecule has 0 spiro atoms. The Hall–Kier alpha value is -2.20. The first-order chi connectivity index (χ1) is 17.1. The van der Waals surface area contributed by atoms with Crippen LogP contribution in [0, 0.1) is 0 Å². The molecule has 2 N–H and O–H groups in total. The van der Waals surface area contributed by atoms with E-state index in [4.69, 9.17) is 43.3 Å². The van der Waals surface area contributed by atoms with Crippen LogP contribution in [0.25, 0.3) is 0 Å². The van der Waals surface area contributed by atoms with Gasteiger partial charge in [-0.2, -0.15) is 9.97 Å². The summed E-state index contributed by atoms with van der Waals surface area (Å²) in [4.78, 5) is 14.1. The molecule has 2 aliphatic heterocycles. The number of aromatic nitrogens is 2. The summed E-state index contributed by atoms with van der Waals surface area (Å²) in [5.41, 5.74) is 1.31. The molecule has 1 aromatic heterocycles. The number of morpholine rings is 2. The lowest BCUT2D eigenvalue weighted by molar-refractivity contribution is 0.122. The monoisotopic (exact) mass is 516 g/mol. The number of nitrogens with one attached hydrogen (secondary N) is 2. The summed E-state index contributed by atoms with van der Waals surface area (Å²) in [6.07, 6.45) is 4.66. The van der Waals surface area contributed by atoms with E-state index < -0.39 is 0 Å². The smallest absolute Gasteiger partial charge is 0.232 e. The number of rotatable bonds is 6. The van der Waals surface area contributed by atoms with E-state index in [-0.39, 0.29) is 5.41 Å². The molecule has 0 radical (unpaired) electrons. The van der Waals surface area contributed by atoms with E-state index in [0.717, 1.165) is 62.2 Å². The first kappa shape index (κ1) is 24.5. The maximum absolute atomic E-state index is 6.31. The summed E-state index contributed by atoms with van der Waals surface area (Å²) in [6, 6.07) is 10.3. The minimum atomic E-state index is 0.0338. The van der Waals surface area contributed by atoms with Crippen molar-refractivity contribution in [2.24, 2.45) is 0 Å². The molecule has 2 aromatic rings. The largest absolute Gasteiger partial charge is 0.378 e. The van der Waals surface area contributed by atoms with Crippen LogP contribution in [0.3, 0.4) is 0 Å². The fraction of sp³-hybridized carbons (Fsp3) is 0.560. The highest BCUT2D eigenvalue weighted by Crippen LogP contribution is 2.41. The van der Waals surface area contributed by atoms with E-state index in [1.54, 1.807) is 0 Å². The summed E-state index contributed by atoms with van der Waals surface area (Å²) >= 11 is 12.0. The van der Waals surface area contributed by atoms with Crippen LogP contribution in [0.2, 0.25) is 5.02 Å². The standard InChI is InChI=1S/C25H33ClN6O2S/c26-20-5-3-4-19(16-20)25(6-1-2-7-25)18-27-24(35)30-23-28-21(31-8-12-33-13-9-31)17-22(29-23)32-10-14-34-15-11-32/h3-5,16-17H,1-2,6-15,18H2,(H2,27,28,29,30,35). The molecule has 0 amide bonds. The predicted octanol–water partition coefficient (Wildman–Crippen LogP) is 3.60. The number of nitrogens with zero attached hydrogens (tertiary/aromatic N) is 4. The molecule has 2 saturated heterocycles. The number of anilines is 3. The molecule has 188 valence electrons. The van der Waals surface area contributed by atoms with Crippen LogP contribution in [0.1, 0.15) is 31.2 Å². The molecule has 0 atom stereocenters. The quantitative estimate of drug-likeness (QED) is 0.560. The summed E-state index contributed by atoms with van der Waals surface area (Å²) in [6.45, 7) is 6.78. The Morgan fingerprint density at radius 1 is 0.943 bits per heavy atom. The Bertz CT molecular complexity index is 987. The first-order valence-corrected chi connectivity index (χ1v) is 13.3. The third-order valence-corrected chi connectivity index (χ3v) is 7.66. The fourth-order valence-corrected chi connectivity index (χ4v) is 5.57. The summed E-state index contributed by atoms with van der Waals surface area (Å²) in [5.74, 6) is 2.29. The average molecular weight is 517 g/mol. The Morgan fingerprint density at radius 2 is 1.54 bits per heavy atom. The van der Waals surface area contributed by atoms with E-state index in [1.165, 1.54) is 18.4 Å². The van der Waals surface area contributed by atoms with Crippen molar-refractivity contribution in [3.8, 4) is 0 Å². The Kier molecular flexibility index (Phi) is 7.87. The molecular formula is C25H33ClN6O2S. The van der Waals surface area contributed by atoms with Gasteiger partial charge >= 0.3 is 0 Å². The summed E-state index contributed by atoms with van der Waals surface area (Å²) < 4.78 is 11.1.